The van der Waals surface area contributed by atoms with Crippen molar-refractivity contribution in [2.45, 2.75) is 26.2 Å². The lowest BCUT2D eigenvalue weighted by Gasteiger charge is -2.18. The maximum absolute atomic E-state index is 11.0. The molecule has 0 radical (unpaired) electrons. The number of anilines is 1. The van der Waals surface area contributed by atoms with Crippen LogP contribution in [0.5, 0.6) is 0 Å². The summed E-state index contributed by atoms with van der Waals surface area (Å²) >= 11 is 0. The Hall–Kier alpha value is -2.04. The summed E-state index contributed by atoms with van der Waals surface area (Å²) in [7, 11) is 0. The van der Waals surface area contributed by atoms with Gasteiger partial charge in [-0.15, -0.1) is 0 Å². The van der Waals surface area contributed by atoms with E-state index in [4.69, 9.17) is 5.73 Å². The zero-order valence-corrected chi connectivity index (χ0v) is 10.2. The SMILES string of the molecule is CC(C)(C)c1[nH]nc(N)c1-c1ccc(=O)[nH]c1. The molecule has 2 aromatic rings. The number of nitrogens with zero attached hydrogens (tertiary/aromatic N) is 1. The molecule has 17 heavy (non-hydrogen) atoms. The third kappa shape index (κ3) is 2.08. The summed E-state index contributed by atoms with van der Waals surface area (Å²) in [6.07, 6.45) is 1.65. The van der Waals surface area contributed by atoms with E-state index in [1.165, 1.54) is 6.07 Å². The molecule has 0 spiro atoms. The predicted molar refractivity (Wildman–Crippen MR) is 67.8 cm³/mol. The Balaban J connectivity index is 2.62. The molecule has 0 amide bonds. The molecule has 0 unspecified atom stereocenters. The summed E-state index contributed by atoms with van der Waals surface area (Å²) in [4.78, 5) is 13.7. The van der Waals surface area contributed by atoms with Gasteiger partial charge in [-0.05, 0) is 6.07 Å². The number of nitrogens with one attached hydrogen (secondary N) is 2. The maximum Gasteiger partial charge on any atom is 0.247 e. The molecule has 0 saturated heterocycles. The molecule has 2 heterocycles. The second kappa shape index (κ2) is 3.76. The van der Waals surface area contributed by atoms with Crippen molar-refractivity contribution >= 4 is 5.82 Å². The number of pyridine rings is 1. The molecule has 0 fully saturated rings. The topological polar surface area (TPSA) is 87.6 Å². The first kappa shape index (κ1) is 11.4. The number of nitrogen functional groups attached to an aromatic ring is 1. The Morgan fingerprint density at radius 1 is 1.29 bits per heavy atom. The second-order valence-corrected chi connectivity index (χ2v) is 5.05. The van der Waals surface area contributed by atoms with Gasteiger partial charge in [0.25, 0.3) is 0 Å². The largest absolute Gasteiger partial charge is 0.382 e. The van der Waals surface area contributed by atoms with E-state index in [1.807, 2.05) is 0 Å². The van der Waals surface area contributed by atoms with Crippen LogP contribution in [0.1, 0.15) is 26.5 Å². The normalized spacial score (nSPS) is 11.7. The number of hydrogen-bond acceptors (Lipinski definition) is 3. The first-order chi connectivity index (χ1) is 7.89. The van der Waals surface area contributed by atoms with E-state index in [9.17, 15) is 4.79 Å². The van der Waals surface area contributed by atoms with Crippen molar-refractivity contribution in [3.63, 3.8) is 0 Å². The van der Waals surface area contributed by atoms with Crippen LogP contribution in [0.4, 0.5) is 5.82 Å². The molecule has 90 valence electrons. The number of aromatic amines is 2. The molecule has 0 atom stereocenters. The summed E-state index contributed by atoms with van der Waals surface area (Å²) in [5, 5.41) is 7.00. The van der Waals surface area contributed by atoms with Crippen LogP contribution in [0.25, 0.3) is 11.1 Å². The summed E-state index contributed by atoms with van der Waals surface area (Å²) < 4.78 is 0. The van der Waals surface area contributed by atoms with Crippen LogP contribution in [-0.4, -0.2) is 15.2 Å². The average Bonchev–Trinajstić information content (AvgIpc) is 2.61. The van der Waals surface area contributed by atoms with Gasteiger partial charge in [0, 0.05) is 28.8 Å². The minimum Gasteiger partial charge on any atom is -0.382 e. The summed E-state index contributed by atoms with van der Waals surface area (Å²) in [6.45, 7) is 6.24. The molecule has 0 aliphatic carbocycles. The number of aromatic nitrogens is 3. The molecule has 2 rings (SSSR count). The molecule has 0 bridgehead atoms. The van der Waals surface area contributed by atoms with Crippen LogP contribution in [0, 0.1) is 0 Å². The van der Waals surface area contributed by atoms with Gasteiger partial charge in [-0.2, -0.15) is 5.10 Å². The van der Waals surface area contributed by atoms with E-state index < -0.39 is 0 Å². The Labute approximate surface area is 99.1 Å². The van der Waals surface area contributed by atoms with Crippen molar-refractivity contribution < 1.29 is 0 Å². The summed E-state index contributed by atoms with van der Waals surface area (Å²) in [5.74, 6) is 0.446. The van der Waals surface area contributed by atoms with Crippen LogP contribution < -0.4 is 11.3 Å². The lowest BCUT2D eigenvalue weighted by Crippen LogP contribution is -2.13. The van der Waals surface area contributed by atoms with E-state index in [-0.39, 0.29) is 11.0 Å². The Bertz CT molecular complexity index is 569. The molecule has 4 N–H and O–H groups in total. The molecule has 0 saturated carbocycles. The number of H-pyrrole nitrogens is 2. The zero-order valence-electron chi connectivity index (χ0n) is 10.2. The highest BCUT2D eigenvalue weighted by Crippen LogP contribution is 2.34. The van der Waals surface area contributed by atoms with Gasteiger partial charge in [-0.25, -0.2) is 0 Å². The van der Waals surface area contributed by atoms with Gasteiger partial charge in [0.2, 0.25) is 5.56 Å². The molecular weight excluding hydrogens is 216 g/mol. The molecule has 5 nitrogen and oxygen atoms in total. The minimum atomic E-state index is -0.131. The van der Waals surface area contributed by atoms with Crippen LogP contribution in [-0.2, 0) is 5.41 Å². The maximum atomic E-state index is 11.0. The minimum absolute atomic E-state index is 0.0872. The fourth-order valence-electron chi connectivity index (χ4n) is 1.76. The Kier molecular flexibility index (Phi) is 2.53. The number of hydrogen-bond donors (Lipinski definition) is 3. The van der Waals surface area contributed by atoms with Crippen molar-refractivity contribution in [2.24, 2.45) is 0 Å². The molecular formula is C12H16N4O. The third-order valence-electron chi connectivity index (χ3n) is 2.62. The molecule has 0 aromatic carbocycles. The number of nitrogens with two attached hydrogens (primary N) is 1. The van der Waals surface area contributed by atoms with Crippen molar-refractivity contribution in [3.8, 4) is 11.1 Å². The smallest absolute Gasteiger partial charge is 0.247 e. The number of rotatable bonds is 1. The van der Waals surface area contributed by atoms with Gasteiger partial charge >= 0.3 is 0 Å². The van der Waals surface area contributed by atoms with E-state index in [0.717, 1.165) is 16.8 Å². The van der Waals surface area contributed by atoms with Gasteiger partial charge in [0.1, 0.15) is 0 Å². The molecule has 2 aromatic heterocycles. The molecule has 5 heteroatoms. The Morgan fingerprint density at radius 2 is 2.00 bits per heavy atom. The van der Waals surface area contributed by atoms with Gasteiger partial charge < -0.3 is 10.7 Å². The van der Waals surface area contributed by atoms with Crippen LogP contribution in [0.15, 0.2) is 23.1 Å². The van der Waals surface area contributed by atoms with Crippen molar-refractivity contribution in [1.29, 1.82) is 0 Å². The van der Waals surface area contributed by atoms with Crippen LogP contribution in [0.3, 0.4) is 0 Å². The molecule has 0 aliphatic rings. The highest BCUT2D eigenvalue weighted by molar-refractivity contribution is 5.76. The lowest BCUT2D eigenvalue weighted by molar-refractivity contribution is 0.568. The monoisotopic (exact) mass is 232 g/mol. The summed E-state index contributed by atoms with van der Waals surface area (Å²) in [6, 6.07) is 3.23. The van der Waals surface area contributed by atoms with Crippen molar-refractivity contribution in [2.75, 3.05) is 5.73 Å². The highest BCUT2D eigenvalue weighted by Gasteiger charge is 2.23. The van der Waals surface area contributed by atoms with Gasteiger partial charge in [0.05, 0.1) is 5.69 Å². The third-order valence-corrected chi connectivity index (χ3v) is 2.62. The average molecular weight is 232 g/mol. The lowest BCUT2D eigenvalue weighted by atomic mass is 9.87. The fraction of sp³-hybridized carbons (Fsp3) is 0.333. The summed E-state index contributed by atoms with van der Waals surface area (Å²) in [5.41, 5.74) is 8.33. The van der Waals surface area contributed by atoms with Gasteiger partial charge in [-0.3, -0.25) is 9.89 Å². The second-order valence-electron chi connectivity index (χ2n) is 5.05. The zero-order chi connectivity index (χ0) is 12.6. The Morgan fingerprint density at radius 3 is 2.53 bits per heavy atom. The first-order valence-electron chi connectivity index (χ1n) is 5.43. The van der Waals surface area contributed by atoms with Gasteiger partial charge in [-0.1, -0.05) is 20.8 Å². The van der Waals surface area contributed by atoms with E-state index in [1.54, 1.807) is 12.3 Å². The first-order valence-corrected chi connectivity index (χ1v) is 5.43. The van der Waals surface area contributed by atoms with Crippen molar-refractivity contribution in [3.05, 3.63) is 34.4 Å². The standard InChI is InChI=1S/C12H16N4O/c1-12(2,3)10-9(11(13)16-15-10)7-4-5-8(17)14-6-7/h4-6H,1-3H3,(H,14,17)(H3,13,15,16). The van der Waals surface area contributed by atoms with Gasteiger partial charge in [0.15, 0.2) is 5.82 Å². The van der Waals surface area contributed by atoms with Crippen LogP contribution in [0.2, 0.25) is 0 Å². The van der Waals surface area contributed by atoms with E-state index >= 15 is 0 Å². The molecule has 0 aliphatic heterocycles. The highest BCUT2D eigenvalue weighted by atomic mass is 16.1. The van der Waals surface area contributed by atoms with Crippen LogP contribution >= 0.6 is 0 Å². The predicted octanol–water partition coefficient (Wildman–Crippen LogP) is 1.64. The quantitative estimate of drug-likeness (QED) is 0.698. The van der Waals surface area contributed by atoms with Crippen molar-refractivity contribution in [1.82, 2.24) is 15.2 Å². The fourth-order valence-corrected chi connectivity index (χ4v) is 1.76. The van der Waals surface area contributed by atoms with E-state index in [0.29, 0.717) is 5.82 Å². The van der Waals surface area contributed by atoms with E-state index in [2.05, 4.69) is 36.0 Å².